The quantitative estimate of drug-likeness (QED) is 0.803. The molecule has 3 heteroatoms. The Labute approximate surface area is 94.9 Å². The highest BCUT2D eigenvalue weighted by Gasteiger charge is 2.15. The van der Waals surface area contributed by atoms with Gasteiger partial charge >= 0.3 is 0 Å². The Morgan fingerprint density at radius 2 is 2.13 bits per heavy atom. The van der Waals surface area contributed by atoms with Gasteiger partial charge in [0.1, 0.15) is 12.0 Å². The molecule has 0 aromatic heterocycles. The summed E-state index contributed by atoms with van der Waals surface area (Å²) in [4.78, 5) is 10.5. The van der Waals surface area contributed by atoms with E-state index in [1.54, 1.807) is 6.07 Å². The summed E-state index contributed by atoms with van der Waals surface area (Å²) in [6.07, 6.45) is 1.38. The zero-order chi connectivity index (χ0) is 11.6. The van der Waals surface area contributed by atoms with E-state index in [0.717, 1.165) is 23.0 Å². The molecule has 0 amide bonds. The smallest absolute Gasteiger partial charge is 0.134 e. The topological polar surface area (TPSA) is 37.3 Å². The summed E-state index contributed by atoms with van der Waals surface area (Å²) in [6, 6.07) is 1.64. The van der Waals surface area contributed by atoms with Gasteiger partial charge in [-0.1, -0.05) is 18.5 Å². The minimum Gasteiger partial charge on any atom is -0.506 e. The molecule has 0 aliphatic rings. The van der Waals surface area contributed by atoms with Crippen molar-refractivity contribution in [3.63, 3.8) is 0 Å². The molecule has 1 unspecified atom stereocenters. The molecule has 0 spiro atoms. The van der Waals surface area contributed by atoms with E-state index in [0.29, 0.717) is 11.4 Å². The van der Waals surface area contributed by atoms with Gasteiger partial charge in [0.2, 0.25) is 0 Å². The Morgan fingerprint density at radius 1 is 1.53 bits per heavy atom. The number of phenols is 1. The van der Waals surface area contributed by atoms with Gasteiger partial charge in [0.25, 0.3) is 0 Å². The Balaban J connectivity index is 3.28. The van der Waals surface area contributed by atoms with E-state index in [1.165, 1.54) is 0 Å². The van der Waals surface area contributed by atoms with Crippen LogP contribution in [0.1, 0.15) is 36.0 Å². The average Bonchev–Trinajstić information content (AvgIpc) is 2.15. The first kappa shape index (κ1) is 12.1. The van der Waals surface area contributed by atoms with Gasteiger partial charge in [-0.25, -0.2) is 0 Å². The number of benzene rings is 1. The van der Waals surface area contributed by atoms with Gasteiger partial charge in [-0.3, -0.25) is 0 Å². The van der Waals surface area contributed by atoms with Gasteiger partial charge < -0.3 is 9.90 Å². The molecule has 15 heavy (non-hydrogen) atoms. The summed E-state index contributed by atoms with van der Waals surface area (Å²) in [7, 11) is 0. The molecule has 1 N–H and O–H groups in total. The van der Waals surface area contributed by atoms with Crippen molar-refractivity contribution in [1.82, 2.24) is 0 Å². The molecule has 0 heterocycles. The molecule has 0 bridgehead atoms. The number of aromatic hydroxyl groups is 1. The number of rotatable bonds is 3. The van der Waals surface area contributed by atoms with Crippen molar-refractivity contribution in [1.29, 1.82) is 0 Å². The van der Waals surface area contributed by atoms with E-state index in [4.69, 9.17) is 11.6 Å². The lowest BCUT2D eigenvalue weighted by Gasteiger charge is -2.17. The first-order chi connectivity index (χ1) is 6.99. The van der Waals surface area contributed by atoms with Crippen LogP contribution in [0, 0.1) is 13.8 Å². The van der Waals surface area contributed by atoms with Crippen LogP contribution in [0.2, 0.25) is 5.02 Å². The van der Waals surface area contributed by atoms with E-state index in [-0.39, 0.29) is 11.7 Å². The molecule has 1 atom stereocenters. The minimum atomic E-state index is 0.105. The van der Waals surface area contributed by atoms with Crippen molar-refractivity contribution in [2.75, 3.05) is 0 Å². The lowest BCUT2D eigenvalue weighted by atomic mass is 9.90. The van der Waals surface area contributed by atoms with E-state index in [2.05, 4.69) is 0 Å². The fourth-order valence-corrected chi connectivity index (χ4v) is 2.13. The lowest BCUT2D eigenvalue weighted by molar-refractivity contribution is -0.108. The van der Waals surface area contributed by atoms with Gasteiger partial charge in [0.05, 0.1) is 5.02 Å². The predicted molar refractivity (Wildman–Crippen MR) is 61.7 cm³/mol. The lowest BCUT2D eigenvalue weighted by Crippen LogP contribution is -2.01. The second-order valence-corrected chi connectivity index (χ2v) is 4.25. The predicted octanol–water partition coefficient (Wildman–Crippen LogP) is 3.35. The highest BCUT2D eigenvalue weighted by Crippen LogP contribution is 2.36. The molecule has 0 aliphatic carbocycles. The second kappa shape index (κ2) is 4.67. The van der Waals surface area contributed by atoms with Crippen LogP contribution in [0.4, 0.5) is 0 Å². The van der Waals surface area contributed by atoms with Crippen LogP contribution >= 0.6 is 11.6 Å². The summed E-state index contributed by atoms with van der Waals surface area (Å²) < 4.78 is 0. The van der Waals surface area contributed by atoms with Gasteiger partial charge in [-0.05, 0) is 42.5 Å². The molecule has 2 nitrogen and oxygen atoms in total. The number of halogens is 1. The number of aldehydes is 1. The molecule has 0 aliphatic heterocycles. The maximum Gasteiger partial charge on any atom is 0.134 e. The molecule has 0 saturated carbocycles. The Morgan fingerprint density at radius 3 is 2.67 bits per heavy atom. The molecule has 0 fully saturated rings. The molecule has 82 valence electrons. The number of phenolic OH excluding ortho intramolecular Hbond substituents is 1. The van der Waals surface area contributed by atoms with Crippen LogP contribution in [0.25, 0.3) is 0 Å². The molecular weight excluding hydrogens is 212 g/mol. The van der Waals surface area contributed by atoms with Crippen molar-refractivity contribution in [3.05, 3.63) is 27.8 Å². The summed E-state index contributed by atoms with van der Waals surface area (Å²) >= 11 is 5.96. The number of hydrogen-bond donors (Lipinski definition) is 1. The van der Waals surface area contributed by atoms with Crippen molar-refractivity contribution >= 4 is 17.9 Å². The van der Waals surface area contributed by atoms with E-state index < -0.39 is 0 Å². The third-order valence-electron chi connectivity index (χ3n) is 2.68. The number of aryl methyl sites for hydroxylation is 1. The molecule has 1 aromatic carbocycles. The fourth-order valence-electron chi connectivity index (χ4n) is 1.97. The largest absolute Gasteiger partial charge is 0.506 e. The van der Waals surface area contributed by atoms with Crippen molar-refractivity contribution in [2.45, 2.75) is 33.1 Å². The first-order valence-electron chi connectivity index (χ1n) is 4.91. The zero-order valence-corrected chi connectivity index (χ0v) is 9.93. The molecule has 1 rings (SSSR count). The molecular formula is C12H15ClO2. The highest BCUT2D eigenvalue weighted by molar-refractivity contribution is 6.32. The fraction of sp³-hybridized carbons (Fsp3) is 0.417. The molecule has 0 radical (unpaired) electrons. The second-order valence-electron chi connectivity index (χ2n) is 3.87. The third-order valence-corrected chi connectivity index (χ3v) is 3.16. The SMILES string of the molecule is Cc1cc(O)c(Cl)c(C)c1C(C)CC=O. The van der Waals surface area contributed by atoms with Crippen LogP contribution in [-0.4, -0.2) is 11.4 Å². The maximum absolute atomic E-state index is 10.5. The van der Waals surface area contributed by atoms with Crippen LogP contribution in [-0.2, 0) is 4.79 Å². The average molecular weight is 227 g/mol. The van der Waals surface area contributed by atoms with Crippen LogP contribution in [0.15, 0.2) is 6.07 Å². The van der Waals surface area contributed by atoms with E-state index >= 15 is 0 Å². The van der Waals surface area contributed by atoms with Crippen molar-refractivity contribution in [3.8, 4) is 5.75 Å². The third kappa shape index (κ3) is 2.32. The van der Waals surface area contributed by atoms with Gasteiger partial charge in [-0.15, -0.1) is 0 Å². The van der Waals surface area contributed by atoms with Crippen LogP contribution in [0.3, 0.4) is 0 Å². The van der Waals surface area contributed by atoms with Gasteiger partial charge in [0, 0.05) is 6.42 Å². The van der Waals surface area contributed by atoms with Gasteiger partial charge in [-0.2, -0.15) is 0 Å². The van der Waals surface area contributed by atoms with Crippen LogP contribution < -0.4 is 0 Å². The van der Waals surface area contributed by atoms with Gasteiger partial charge in [0.15, 0.2) is 0 Å². The van der Waals surface area contributed by atoms with E-state index in [1.807, 2.05) is 20.8 Å². The monoisotopic (exact) mass is 226 g/mol. The number of carbonyl (C=O) groups is 1. The van der Waals surface area contributed by atoms with Crippen molar-refractivity contribution in [2.24, 2.45) is 0 Å². The summed E-state index contributed by atoms with van der Waals surface area (Å²) in [5.41, 5.74) is 2.90. The van der Waals surface area contributed by atoms with Crippen LogP contribution in [0.5, 0.6) is 5.75 Å². The summed E-state index contributed by atoms with van der Waals surface area (Å²) in [5, 5.41) is 9.90. The van der Waals surface area contributed by atoms with Crippen molar-refractivity contribution < 1.29 is 9.90 Å². The normalized spacial score (nSPS) is 12.5. The first-order valence-corrected chi connectivity index (χ1v) is 5.29. The minimum absolute atomic E-state index is 0.105. The molecule has 0 saturated heterocycles. The maximum atomic E-state index is 10.5. The zero-order valence-electron chi connectivity index (χ0n) is 9.17. The summed E-state index contributed by atoms with van der Waals surface area (Å²) in [6.45, 7) is 5.77. The number of carbonyl (C=O) groups excluding carboxylic acids is 1. The molecule has 1 aromatic rings. The highest BCUT2D eigenvalue weighted by atomic mass is 35.5. The Hall–Kier alpha value is -1.02. The Kier molecular flexibility index (Phi) is 3.75. The Bertz CT molecular complexity index is 386. The van der Waals surface area contributed by atoms with E-state index in [9.17, 15) is 9.90 Å². The summed E-state index contributed by atoms with van der Waals surface area (Å²) in [5.74, 6) is 0.245. The number of hydrogen-bond acceptors (Lipinski definition) is 2. The standard InChI is InChI=1S/C12H15ClO2/c1-7(4-5-14)11-8(2)6-10(15)12(13)9(11)3/h5-7,15H,4H2,1-3H3.